The third-order valence-corrected chi connectivity index (χ3v) is 11.3. The first-order chi connectivity index (χ1) is 26.5. The third-order valence-electron chi connectivity index (χ3n) is 11.3. The van der Waals surface area contributed by atoms with Gasteiger partial charge in [0.05, 0.1) is 5.39 Å². The number of oxazole rings is 1. The Morgan fingerprint density at radius 2 is 1.22 bits per heavy atom. The Bertz CT molecular complexity index is 3100. The van der Waals surface area contributed by atoms with Gasteiger partial charge in [-0.05, 0) is 92.7 Å². The Hall–Kier alpha value is -6.91. The van der Waals surface area contributed by atoms with Crippen LogP contribution in [0.3, 0.4) is 0 Å². The van der Waals surface area contributed by atoms with E-state index in [0.29, 0.717) is 11.5 Å². The molecule has 0 bridgehead atoms. The summed E-state index contributed by atoms with van der Waals surface area (Å²) in [5.74, 6) is 0.569. The lowest BCUT2D eigenvalue weighted by Gasteiger charge is -2.29. The standard InChI is InChI=1S/C50H34N2O2/c1-50(2)41-21-10-8-19-38(41)39-26-25-37(29-42(39)50)52(36-18-12-17-34(28-36)35-24-23-31-13-6-7-16-33(31)27-35)47-46-40-20-9-11-22-44(40)53-45(46)30-43-48(47)54-49(51-43)32-14-4-3-5-15-32/h3-30H,1-2H3. The van der Waals surface area contributed by atoms with Crippen molar-refractivity contribution in [3.8, 4) is 33.7 Å². The number of furan rings is 1. The fourth-order valence-electron chi connectivity index (χ4n) is 8.60. The molecule has 1 aliphatic carbocycles. The fraction of sp³-hybridized carbons (Fsp3) is 0.0600. The van der Waals surface area contributed by atoms with Crippen LogP contribution in [-0.4, -0.2) is 4.98 Å². The molecule has 256 valence electrons. The van der Waals surface area contributed by atoms with Gasteiger partial charge in [-0.25, -0.2) is 4.98 Å². The van der Waals surface area contributed by atoms with Gasteiger partial charge in [-0.15, -0.1) is 0 Å². The second-order valence-electron chi connectivity index (χ2n) is 14.8. The van der Waals surface area contributed by atoms with Gasteiger partial charge in [0.25, 0.3) is 0 Å². The zero-order valence-corrected chi connectivity index (χ0v) is 29.9. The maximum atomic E-state index is 6.89. The van der Waals surface area contributed by atoms with E-state index < -0.39 is 0 Å². The van der Waals surface area contributed by atoms with Crippen molar-refractivity contribution in [3.05, 3.63) is 181 Å². The Morgan fingerprint density at radius 1 is 0.500 bits per heavy atom. The number of benzene rings is 8. The second-order valence-corrected chi connectivity index (χ2v) is 14.8. The van der Waals surface area contributed by atoms with Gasteiger partial charge in [0.1, 0.15) is 22.4 Å². The molecule has 2 heterocycles. The first-order valence-corrected chi connectivity index (χ1v) is 18.5. The quantitative estimate of drug-likeness (QED) is 0.180. The number of nitrogens with zero attached hydrogens (tertiary/aromatic N) is 2. The summed E-state index contributed by atoms with van der Waals surface area (Å²) in [5, 5.41) is 4.44. The van der Waals surface area contributed by atoms with E-state index in [0.717, 1.165) is 61.2 Å². The first-order valence-electron chi connectivity index (χ1n) is 18.5. The number of hydrogen-bond donors (Lipinski definition) is 0. The highest BCUT2D eigenvalue weighted by atomic mass is 16.4. The highest BCUT2D eigenvalue weighted by Crippen LogP contribution is 2.53. The molecule has 4 heteroatoms. The summed E-state index contributed by atoms with van der Waals surface area (Å²) in [4.78, 5) is 7.44. The topological polar surface area (TPSA) is 42.4 Å². The minimum Gasteiger partial charge on any atom is -0.456 e. The lowest BCUT2D eigenvalue weighted by Crippen LogP contribution is -2.16. The Balaban J connectivity index is 1.22. The molecule has 54 heavy (non-hydrogen) atoms. The number of hydrogen-bond acceptors (Lipinski definition) is 4. The molecule has 0 fully saturated rings. The van der Waals surface area contributed by atoms with Crippen molar-refractivity contribution < 1.29 is 8.83 Å². The van der Waals surface area contributed by atoms with Gasteiger partial charge in [0.15, 0.2) is 5.58 Å². The molecule has 0 unspecified atom stereocenters. The van der Waals surface area contributed by atoms with Crippen LogP contribution in [0, 0.1) is 0 Å². The monoisotopic (exact) mass is 694 g/mol. The van der Waals surface area contributed by atoms with Gasteiger partial charge in [0, 0.05) is 33.8 Å². The zero-order chi connectivity index (χ0) is 36.0. The predicted molar refractivity (Wildman–Crippen MR) is 222 cm³/mol. The van der Waals surface area contributed by atoms with Gasteiger partial charge >= 0.3 is 0 Å². The van der Waals surface area contributed by atoms with Crippen LogP contribution in [0.25, 0.3) is 77.5 Å². The molecule has 8 aromatic carbocycles. The molecule has 10 aromatic rings. The van der Waals surface area contributed by atoms with Gasteiger partial charge in [-0.1, -0.05) is 129 Å². The molecule has 1 aliphatic rings. The van der Waals surface area contributed by atoms with E-state index in [1.54, 1.807) is 0 Å². The lowest BCUT2D eigenvalue weighted by atomic mass is 9.82. The van der Waals surface area contributed by atoms with E-state index in [2.05, 4.69) is 140 Å². The van der Waals surface area contributed by atoms with Crippen LogP contribution in [0.4, 0.5) is 17.1 Å². The van der Waals surface area contributed by atoms with Crippen LogP contribution in [0.2, 0.25) is 0 Å². The number of para-hydroxylation sites is 1. The number of rotatable bonds is 5. The van der Waals surface area contributed by atoms with E-state index in [4.69, 9.17) is 13.8 Å². The predicted octanol–water partition coefficient (Wildman–Crippen LogP) is 14.0. The van der Waals surface area contributed by atoms with Gasteiger partial charge < -0.3 is 13.7 Å². The largest absolute Gasteiger partial charge is 0.456 e. The molecular weight excluding hydrogens is 661 g/mol. The average molecular weight is 695 g/mol. The summed E-state index contributed by atoms with van der Waals surface area (Å²) in [6, 6.07) is 60.1. The molecular formula is C50H34N2O2. The summed E-state index contributed by atoms with van der Waals surface area (Å²) in [7, 11) is 0. The molecule has 0 saturated heterocycles. The summed E-state index contributed by atoms with van der Waals surface area (Å²) < 4.78 is 13.5. The highest BCUT2D eigenvalue weighted by Gasteiger charge is 2.36. The van der Waals surface area contributed by atoms with E-state index in [1.165, 1.54) is 33.0 Å². The van der Waals surface area contributed by atoms with Crippen molar-refractivity contribution in [2.45, 2.75) is 19.3 Å². The van der Waals surface area contributed by atoms with Crippen LogP contribution >= 0.6 is 0 Å². The minimum atomic E-state index is -0.184. The normalized spacial score (nSPS) is 13.1. The average Bonchev–Trinajstić information content (AvgIpc) is 3.88. The Morgan fingerprint density at radius 3 is 2.13 bits per heavy atom. The number of fused-ring (bicyclic) bond motifs is 8. The molecule has 0 aliphatic heterocycles. The van der Waals surface area contributed by atoms with E-state index >= 15 is 0 Å². The van der Waals surface area contributed by atoms with E-state index in [9.17, 15) is 0 Å². The zero-order valence-electron chi connectivity index (χ0n) is 29.9. The van der Waals surface area contributed by atoms with Gasteiger partial charge in [-0.3, -0.25) is 0 Å². The van der Waals surface area contributed by atoms with Crippen LogP contribution in [-0.2, 0) is 5.41 Å². The molecule has 0 radical (unpaired) electrons. The smallest absolute Gasteiger partial charge is 0.227 e. The van der Waals surface area contributed by atoms with Crippen molar-refractivity contribution in [3.63, 3.8) is 0 Å². The number of aromatic nitrogens is 1. The second kappa shape index (κ2) is 11.5. The maximum Gasteiger partial charge on any atom is 0.227 e. The molecule has 0 saturated carbocycles. The highest BCUT2D eigenvalue weighted by molar-refractivity contribution is 6.20. The Labute approximate surface area is 312 Å². The Kier molecular flexibility index (Phi) is 6.56. The lowest BCUT2D eigenvalue weighted by molar-refractivity contribution is 0.620. The summed E-state index contributed by atoms with van der Waals surface area (Å²) >= 11 is 0. The SMILES string of the molecule is CC1(C)c2ccccc2-c2ccc(N(c3cccc(-c4ccc5ccccc5c4)c3)c3c4oc(-c5ccccc5)nc4cc4oc5ccccc5c34)cc21. The summed E-state index contributed by atoms with van der Waals surface area (Å²) in [6.07, 6.45) is 0. The fourth-order valence-corrected chi connectivity index (χ4v) is 8.60. The van der Waals surface area contributed by atoms with Crippen molar-refractivity contribution in [1.29, 1.82) is 0 Å². The van der Waals surface area contributed by atoms with Gasteiger partial charge in [0.2, 0.25) is 5.89 Å². The van der Waals surface area contributed by atoms with Crippen LogP contribution in [0.15, 0.2) is 179 Å². The van der Waals surface area contributed by atoms with Crippen molar-refractivity contribution >= 4 is 60.9 Å². The van der Waals surface area contributed by atoms with Crippen LogP contribution < -0.4 is 4.90 Å². The molecule has 0 spiro atoms. The third kappa shape index (κ3) is 4.60. The molecule has 4 nitrogen and oxygen atoms in total. The van der Waals surface area contributed by atoms with Crippen LogP contribution in [0.5, 0.6) is 0 Å². The minimum absolute atomic E-state index is 0.184. The number of anilines is 3. The van der Waals surface area contributed by atoms with Gasteiger partial charge in [-0.2, -0.15) is 0 Å². The molecule has 2 aromatic heterocycles. The molecule has 0 N–H and O–H groups in total. The van der Waals surface area contributed by atoms with Crippen molar-refractivity contribution in [2.75, 3.05) is 4.90 Å². The summed E-state index contributed by atoms with van der Waals surface area (Å²) in [6.45, 7) is 4.66. The molecule has 0 amide bonds. The van der Waals surface area contributed by atoms with Crippen molar-refractivity contribution in [1.82, 2.24) is 4.98 Å². The summed E-state index contributed by atoms with van der Waals surface area (Å²) in [5.41, 5.74) is 14.2. The van der Waals surface area contributed by atoms with E-state index in [-0.39, 0.29) is 5.41 Å². The first kappa shape index (κ1) is 30.7. The molecule has 0 atom stereocenters. The van der Waals surface area contributed by atoms with E-state index in [1.807, 2.05) is 48.5 Å². The molecule has 11 rings (SSSR count). The van der Waals surface area contributed by atoms with Crippen LogP contribution in [0.1, 0.15) is 25.0 Å². The maximum absolute atomic E-state index is 6.89. The van der Waals surface area contributed by atoms with Crippen molar-refractivity contribution in [2.24, 2.45) is 0 Å².